The van der Waals surface area contributed by atoms with Crippen LogP contribution in [-0.2, 0) is 20.4 Å². The molecule has 8 nitrogen and oxygen atoms in total. The lowest BCUT2D eigenvalue weighted by molar-refractivity contribution is -0.141. The number of carboxylic acid groups (broad SMARTS) is 1. The summed E-state index contributed by atoms with van der Waals surface area (Å²) in [4.78, 5) is 24.6. The van der Waals surface area contributed by atoms with Gasteiger partial charge in [0.1, 0.15) is 11.8 Å². The fourth-order valence-electron chi connectivity index (χ4n) is 3.84. The molecule has 0 saturated heterocycles. The van der Waals surface area contributed by atoms with E-state index in [0.717, 1.165) is 5.56 Å². The van der Waals surface area contributed by atoms with Crippen LogP contribution >= 0.6 is 11.6 Å². The Labute approximate surface area is 250 Å². The quantitative estimate of drug-likeness (QED) is 0.179. The summed E-state index contributed by atoms with van der Waals surface area (Å²) in [6.07, 6.45) is 11.6. The Hall–Kier alpha value is -2.88. The van der Waals surface area contributed by atoms with Crippen LogP contribution < -0.4 is 10.1 Å². The van der Waals surface area contributed by atoms with Crippen molar-refractivity contribution in [1.29, 1.82) is 0 Å². The first-order chi connectivity index (χ1) is 19.0. The van der Waals surface area contributed by atoms with E-state index >= 15 is 0 Å². The average molecular weight is 604 g/mol. The van der Waals surface area contributed by atoms with E-state index in [9.17, 15) is 14.7 Å². The molecule has 0 radical (unpaired) electrons. The zero-order valence-electron chi connectivity index (χ0n) is 25.8. The Morgan fingerprint density at radius 2 is 1.90 bits per heavy atom. The fraction of sp³-hybridized carbons (Fsp3) is 0.516. The van der Waals surface area contributed by atoms with E-state index in [1.54, 1.807) is 24.3 Å². The van der Waals surface area contributed by atoms with E-state index in [0.29, 0.717) is 22.8 Å². The molecule has 0 fully saturated rings. The van der Waals surface area contributed by atoms with Crippen LogP contribution in [0.25, 0.3) is 6.08 Å². The smallest absolute Gasteiger partial charge is 0.326 e. The number of halogens is 1. The van der Waals surface area contributed by atoms with Crippen LogP contribution in [0.5, 0.6) is 5.75 Å². The molecule has 0 aliphatic heterocycles. The highest BCUT2D eigenvalue weighted by molar-refractivity contribution is 6.74. The van der Waals surface area contributed by atoms with Gasteiger partial charge in [0.2, 0.25) is 5.91 Å². The van der Waals surface area contributed by atoms with Crippen LogP contribution in [0.1, 0.15) is 65.1 Å². The average Bonchev–Trinajstić information content (AvgIpc) is 3.35. The number of aliphatic carboxylic acids is 1. The lowest BCUT2D eigenvalue weighted by Crippen LogP contribution is -2.45. The Balaban J connectivity index is 2.13. The fourth-order valence-corrected chi connectivity index (χ4v) is 5.54. The molecule has 10 heteroatoms. The first-order valence-electron chi connectivity index (χ1n) is 14.0. The molecule has 1 heterocycles. The molecule has 2 rings (SSSR count). The number of methoxy groups -OCH3 is 1. The number of amides is 1. The molecule has 2 N–H and O–H groups in total. The van der Waals surface area contributed by atoms with Crippen LogP contribution in [0, 0.1) is 5.92 Å². The number of ether oxygens (including phenoxy) is 1. The van der Waals surface area contributed by atoms with Gasteiger partial charge in [0.05, 0.1) is 24.4 Å². The Kier molecular flexibility index (Phi) is 12.4. The molecule has 226 valence electrons. The highest BCUT2D eigenvalue weighted by Crippen LogP contribution is 2.38. The molecule has 1 amide bonds. The normalized spacial score (nSPS) is 14.9. The molecular weight excluding hydrogens is 558 g/mol. The minimum atomic E-state index is -2.11. The van der Waals surface area contributed by atoms with Crippen molar-refractivity contribution in [2.45, 2.75) is 90.7 Å². The summed E-state index contributed by atoms with van der Waals surface area (Å²) >= 11 is 6.18. The zero-order chi connectivity index (χ0) is 31.0. The molecule has 1 aromatic heterocycles. The number of hydrogen-bond acceptors (Lipinski definition) is 5. The van der Waals surface area contributed by atoms with E-state index in [-0.39, 0.29) is 29.5 Å². The van der Waals surface area contributed by atoms with Gasteiger partial charge in [0, 0.05) is 24.2 Å². The molecule has 1 unspecified atom stereocenters. The van der Waals surface area contributed by atoms with E-state index in [4.69, 9.17) is 20.8 Å². The van der Waals surface area contributed by atoms with Gasteiger partial charge >= 0.3 is 5.97 Å². The molecule has 0 aliphatic carbocycles. The second-order valence-corrected chi connectivity index (χ2v) is 17.4. The first kappa shape index (κ1) is 34.3. The number of nitrogens with one attached hydrogen (secondary N) is 1. The van der Waals surface area contributed by atoms with E-state index < -0.39 is 26.2 Å². The van der Waals surface area contributed by atoms with Crippen LogP contribution in [0.3, 0.4) is 0 Å². The number of carbonyl (C=O) groups is 2. The summed E-state index contributed by atoms with van der Waals surface area (Å²) in [5, 5.41) is 17.1. The lowest BCUT2D eigenvalue weighted by atomic mass is 10.0. The van der Waals surface area contributed by atoms with Gasteiger partial charge in [-0.3, -0.25) is 9.48 Å². The monoisotopic (exact) mass is 603 g/mol. The maximum absolute atomic E-state index is 12.7. The van der Waals surface area contributed by atoms with Gasteiger partial charge in [0.25, 0.3) is 0 Å². The second kappa shape index (κ2) is 14.8. The third-order valence-corrected chi connectivity index (χ3v) is 12.3. The predicted octanol–water partition coefficient (Wildman–Crippen LogP) is 6.92. The molecule has 3 atom stereocenters. The number of aromatic nitrogens is 2. The maximum atomic E-state index is 12.7. The Morgan fingerprint density at radius 1 is 1.22 bits per heavy atom. The number of carbonyl (C=O) groups excluding carboxylic acids is 1. The van der Waals surface area contributed by atoms with Crippen molar-refractivity contribution in [3.05, 3.63) is 65.0 Å². The molecule has 0 bridgehead atoms. The number of rotatable bonds is 14. The van der Waals surface area contributed by atoms with Gasteiger partial charge < -0.3 is 19.6 Å². The standard InChI is InChI=1S/C31H46ClN3O5Si/c1-21(2)35-20-24(19-33-35)14-13-22(3)27(40-41(8,9)31(4,5)6)11-10-12-29(36)34-26(30(37)38)18-23-15-16-28(39-7)25(32)17-23/h10,12-17,19-22,26-27H,11,18H2,1-9H3,(H,34,36)(H,37,38)/b12-10+,14-13+/t22-,26?,27+/m1/s1. The van der Waals surface area contributed by atoms with Gasteiger partial charge in [-0.05, 0) is 68.1 Å². The number of hydrogen-bond donors (Lipinski definition) is 2. The van der Waals surface area contributed by atoms with Crippen molar-refractivity contribution < 1.29 is 23.9 Å². The lowest BCUT2D eigenvalue weighted by Gasteiger charge is -2.40. The Bertz CT molecular complexity index is 1230. The highest BCUT2D eigenvalue weighted by Gasteiger charge is 2.39. The number of carboxylic acids is 1. The van der Waals surface area contributed by atoms with E-state index in [1.807, 2.05) is 17.1 Å². The number of benzene rings is 1. The summed E-state index contributed by atoms with van der Waals surface area (Å²) in [5.74, 6) is -1.05. The minimum Gasteiger partial charge on any atom is -0.495 e. The van der Waals surface area contributed by atoms with E-state index in [1.165, 1.54) is 13.2 Å². The topological polar surface area (TPSA) is 103 Å². The van der Waals surface area contributed by atoms with Gasteiger partial charge in [-0.25, -0.2) is 4.79 Å². The summed E-state index contributed by atoms with van der Waals surface area (Å²) < 4.78 is 13.8. The van der Waals surface area contributed by atoms with Crippen molar-refractivity contribution in [2.75, 3.05) is 7.11 Å². The summed E-state index contributed by atoms with van der Waals surface area (Å²) in [5.41, 5.74) is 1.69. The minimum absolute atomic E-state index is 0.0211. The van der Waals surface area contributed by atoms with Gasteiger partial charge in [0.15, 0.2) is 8.32 Å². The summed E-state index contributed by atoms with van der Waals surface area (Å²) in [6.45, 7) is 17.3. The summed E-state index contributed by atoms with van der Waals surface area (Å²) in [6, 6.07) is 4.23. The van der Waals surface area contributed by atoms with Crippen molar-refractivity contribution in [2.24, 2.45) is 5.92 Å². The molecule has 2 aromatic rings. The van der Waals surface area contributed by atoms with E-state index in [2.05, 4.69) is 77.2 Å². The molecule has 1 aromatic carbocycles. The molecule has 0 saturated carbocycles. The zero-order valence-corrected chi connectivity index (χ0v) is 27.5. The highest BCUT2D eigenvalue weighted by atomic mass is 35.5. The van der Waals surface area contributed by atoms with Crippen molar-refractivity contribution in [1.82, 2.24) is 15.1 Å². The van der Waals surface area contributed by atoms with Crippen molar-refractivity contribution >= 4 is 37.9 Å². The molecule has 0 aliphatic rings. The Morgan fingerprint density at radius 3 is 2.44 bits per heavy atom. The third-order valence-electron chi connectivity index (χ3n) is 7.49. The first-order valence-corrected chi connectivity index (χ1v) is 17.2. The van der Waals surface area contributed by atoms with Gasteiger partial charge in [-0.2, -0.15) is 5.10 Å². The third kappa shape index (κ3) is 10.5. The molecule has 41 heavy (non-hydrogen) atoms. The number of nitrogens with zero attached hydrogens (tertiary/aromatic N) is 2. The predicted molar refractivity (Wildman–Crippen MR) is 168 cm³/mol. The molecule has 0 spiro atoms. The van der Waals surface area contributed by atoms with Crippen LogP contribution in [0.15, 0.2) is 48.8 Å². The largest absolute Gasteiger partial charge is 0.495 e. The van der Waals surface area contributed by atoms with Gasteiger partial charge in [-0.1, -0.05) is 63.6 Å². The summed E-state index contributed by atoms with van der Waals surface area (Å²) in [7, 11) is -0.597. The van der Waals surface area contributed by atoms with Crippen LogP contribution in [-0.4, -0.2) is 54.3 Å². The van der Waals surface area contributed by atoms with Gasteiger partial charge in [-0.15, -0.1) is 0 Å². The SMILES string of the molecule is COc1ccc(CC(NC(=O)/C=C/C[C@H](O[Si](C)(C)C(C)(C)C)[C@H](C)/C=C/c2cnn(C(C)C)c2)C(=O)O)cc1Cl. The van der Waals surface area contributed by atoms with Crippen LogP contribution in [0.4, 0.5) is 0 Å². The van der Waals surface area contributed by atoms with Crippen molar-refractivity contribution in [3.8, 4) is 5.75 Å². The second-order valence-electron chi connectivity index (χ2n) is 12.2. The molecular formula is C31H46ClN3O5Si. The van der Waals surface area contributed by atoms with Crippen molar-refractivity contribution in [3.63, 3.8) is 0 Å². The van der Waals surface area contributed by atoms with Crippen LogP contribution in [0.2, 0.25) is 23.2 Å². The maximum Gasteiger partial charge on any atom is 0.326 e.